The second-order valence-electron chi connectivity index (χ2n) is 7.52. The lowest BCUT2D eigenvalue weighted by atomic mass is 10.2. The number of anilines is 2. The molecule has 7 heteroatoms. The zero-order valence-corrected chi connectivity index (χ0v) is 18.2. The van der Waals surface area contributed by atoms with E-state index in [1.54, 1.807) is 23.1 Å². The summed E-state index contributed by atoms with van der Waals surface area (Å²) in [6, 6.07) is 23.1. The molecule has 0 spiro atoms. The summed E-state index contributed by atoms with van der Waals surface area (Å²) in [6.45, 7) is 3.90. The Morgan fingerprint density at radius 3 is 2.32 bits per heavy atom. The first-order valence-corrected chi connectivity index (χ1v) is 11.5. The maximum Gasteiger partial charge on any atom is 0.264 e. The number of benzene rings is 3. The number of hydrogen-bond acceptors (Lipinski definition) is 4. The molecule has 1 amide bonds. The van der Waals surface area contributed by atoms with Crippen LogP contribution in [0.1, 0.15) is 19.4 Å². The van der Waals surface area contributed by atoms with Gasteiger partial charge in [-0.25, -0.2) is 8.42 Å². The number of ether oxygens (including phenoxy) is 1. The van der Waals surface area contributed by atoms with Gasteiger partial charge in [-0.15, -0.1) is 0 Å². The number of para-hydroxylation sites is 1. The Labute approximate surface area is 182 Å². The molecule has 0 bridgehead atoms. The van der Waals surface area contributed by atoms with Gasteiger partial charge in [0, 0.05) is 6.92 Å². The molecule has 1 unspecified atom stereocenters. The van der Waals surface area contributed by atoms with E-state index in [-0.39, 0.29) is 23.5 Å². The number of fused-ring (bicyclic) bond motifs is 1. The minimum Gasteiger partial charge on any atom is -0.487 e. The van der Waals surface area contributed by atoms with Crippen LogP contribution in [0.4, 0.5) is 11.4 Å². The Bertz CT molecular complexity index is 1180. The molecule has 0 aromatic heterocycles. The van der Waals surface area contributed by atoms with Gasteiger partial charge in [-0.1, -0.05) is 48.5 Å². The molecule has 0 saturated carbocycles. The molecule has 0 saturated heterocycles. The first kappa shape index (κ1) is 20.9. The quantitative estimate of drug-likeness (QED) is 0.601. The highest BCUT2D eigenvalue weighted by molar-refractivity contribution is 7.92. The molecule has 1 aliphatic rings. The number of carbonyl (C=O) groups excluding carboxylic acids is 1. The van der Waals surface area contributed by atoms with Crippen molar-refractivity contribution in [2.24, 2.45) is 0 Å². The van der Waals surface area contributed by atoms with Gasteiger partial charge in [0.2, 0.25) is 5.91 Å². The van der Waals surface area contributed by atoms with Crippen molar-refractivity contribution in [1.82, 2.24) is 0 Å². The van der Waals surface area contributed by atoms with E-state index in [2.05, 4.69) is 0 Å². The van der Waals surface area contributed by atoms with E-state index in [1.165, 1.54) is 23.4 Å². The summed E-state index contributed by atoms with van der Waals surface area (Å²) in [5.41, 5.74) is 1.91. The monoisotopic (exact) mass is 436 g/mol. The summed E-state index contributed by atoms with van der Waals surface area (Å²) in [6.07, 6.45) is -0.169. The van der Waals surface area contributed by atoms with Crippen molar-refractivity contribution in [3.05, 3.63) is 84.4 Å². The van der Waals surface area contributed by atoms with Gasteiger partial charge in [-0.3, -0.25) is 9.10 Å². The van der Waals surface area contributed by atoms with Gasteiger partial charge in [-0.05, 0) is 42.8 Å². The van der Waals surface area contributed by atoms with E-state index in [9.17, 15) is 13.2 Å². The van der Waals surface area contributed by atoms with Crippen molar-refractivity contribution >= 4 is 27.3 Å². The molecule has 3 aromatic carbocycles. The molecule has 0 N–H and O–H groups in total. The summed E-state index contributed by atoms with van der Waals surface area (Å²) in [5.74, 6) is 0.345. The van der Waals surface area contributed by atoms with E-state index < -0.39 is 10.0 Å². The van der Waals surface area contributed by atoms with E-state index in [4.69, 9.17) is 4.74 Å². The standard InChI is InChI=1S/C24H24N2O4S/c1-18-16-25(19(2)27)23-15-22(13-14-24(23)30-18)31(28,29)26(21-11-7-4-8-12-21)17-20-9-5-3-6-10-20/h3-15,18H,16-17H2,1-2H3. The lowest BCUT2D eigenvalue weighted by Crippen LogP contribution is -2.41. The molecule has 1 heterocycles. The Kier molecular flexibility index (Phi) is 5.69. The summed E-state index contributed by atoms with van der Waals surface area (Å²) in [5, 5.41) is 0. The molecule has 0 radical (unpaired) electrons. The van der Waals surface area contributed by atoms with Gasteiger partial charge in [0.1, 0.15) is 11.9 Å². The predicted octanol–water partition coefficient (Wildman–Crippen LogP) is 4.22. The van der Waals surface area contributed by atoms with Crippen LogP contribution >= 0.6 is 0 Å². The lowest BCUT2D eigenvalue weighted by Gasteiger charge is -2.33. The van der Waals surface area contributed by atoms with E-state index >= 15 is 0 Å². The van der Waals surface area contributed by atoms with Crippen LogP contribution in [0.3, 0.4) is 0 Å². The van der Waals surface area contributed by atoms with Crippen LogP contribution in [0.5, 0.6) is 5.75 Å². The van der Waals surface area contributed by atoms with E-state index in [0.717, 1.165) is 5.56 Å². The SMILES string of the molecule is CC(=O)N1CC(C)Oc2ccc(S(=O)(=O)N(Cc3ccccc3)c3ccccc3)cc21. The molecule has 160 valence electrons. The van der Waals surface area contributed by atoms with Crippen molar-refractivity contribution in [3.8, 4) is 5.75 Å². The van der Waals surface area contributed by atoms with Crippen LogP contribution in [0.2, 0.25) is 0 Å². The van der Waals surface area contributed by atoms with Gasteiger partial charge in [0.05, 0.1) is 29.4 Å². The summed E-state index contributed by atoms with van der Waals surface area (Å²) >= 11 is 0. The van der Waals surface area contributed by atoms with Crippen LogP contribution in [-0.4, -0.2) is 27.0 Å². The number of amides is 1. The second-order valence-corrected chi connectivity index (χ2v) is 9.38. The third kappa shape index (κ3) is 4.27. The second kappa shape index (κ2) is 8.43. The fraction of sp³-hybridized carbons (Fsp3) is 0.208. The van der Waals surface area contributed by atoms with Crippen LogP contribution < -0.4 is 13.9 Å². The number of nitrogens with zero attached hydrogens (tertiary/aromatic N) is 2. The van der Waals surface area contributed by atoms with Gasteiger partial charge in [-0.2, -0.15) is 0 Å². The summed E-state index contributed by atoms with van der Waals surface area (Å²) in [4.78, 5) is 13.8. The first-order chi connectivity index (χ1) is 14.9. The largest absolute Gasteiger partial charge is 0.487 e. The van der Waals surface area contributed by atoms with Crippen LogP contribution in [0.25, 0.3) is 0 Å². The average molecular weight is 437 g/mol. The number of rotatable bonds is 5. The topological polar surface area (TPSA) is 66.9 Å². The van der Waals surface area contributed by atoms with Gasteiger partial charge in [0.15, 0.2) is 0 Å². The van der Waals surface area contributed by atoms with E-state index in [0.29, 0.717) is 23.7 Å². The van der Waals surface area contributed by atoms with Crippen molar-refractivity contribution in [2.75, 3.05) is 15.7 Å². The minimum absolute atomic E-state index is 0.107. The van der Waals surface area contributed by atoms with Gasteiger partial charge >= 0.3 is 0 Å². The van der Waals surface area contributed by atoms with Crippen LogP contribution in [-0.2, 0) is 21.4 Å². The zero-order chi connectivity index (χ0) is 22.0. The molecule has 1 aliphatic heterocycles. The highest BCUT2D eigenvalue weighted by Gasteiger charge is 2.30. The van der Waals surface area contributed by atoms with Crippen molar-refractivity contribution in [2.45, 2.75) is 31.4 Å². The van der Waals surface area contributed by atoms with Crippen molar-refractivity contribution in [1.29, 1.82) is 0 Å². The molecule has 31 heavy (non-hydrogen) atoms. The highest BCUT2D eigenvalue weighted by Crippen LogP contribution is 2.37. The maximum atomic E-state index is 13.7. The summed E-state index contributed by atoms with van der Waals surface area (Å²) in [7, 11) is -3.91. The normalized spacial score (nSPS) is 15.7. The Balaban J connectivity index is 1.79. The molecule has 1 atom stereocenters. The molecular weight excluding hydrogens is 412 g/mol. The molecule has 0 fully saturated rings. The molecular formula is C24H24N2O4S. The Hall–Kier alpha value is -3.32. The maximum absolute atomic E-state index is 13.7. The fourth-order valence-corrected chi connectivity index (χ4v) is 5.14. The zero-order valence-electron chi connectivity index (χ0n) is 17.4. The molecule has 6 nitrogen and oxygen atoms in total. The molecule has 3 aromatic rings. The van der Waals surface area contributed by atoms with Crippen molar-refractivity contribution < 1.29 is 17.9 Å². The average Bonchev–Trinajstić information content (AvgIpc) is 2.77. The van der Waals surface area contributed by atoms with Crippen LogP contribution in [0.15, 0.2) is 83.8 Å². The van der Waals surface area contributed by atoms with Gasteiger partial charge in [0.25, 0.3) is 10.0 Å². The Morgan fingerprint density at radius 2 is 1.68 bits per heavy atom. The van der Waals surface area contributed by atoms with Crippen molar-refractivity contribution in [3.63, 3.8) is 0 Å². The third-order valence-electron chi connectivity index (χ3n) is 5.17. The predicted molar refractivity (Wildman–Crippen MR) is 121 cm³/mol. The molecule has 0 aliphatic carbocycles. The first-order valence-electron chi connectivity index (χ1n) is 10.1. The van der Waals surface area contributed by atoms with Gasteiger partial charge < -0.3 is 9.64 Å². The number of sulfonamides is 1. The summed E-state index contributed by atoms with van der Waals surface area (Å²) < 4.78 is 34.7. The number of carbonyl (C=O) groups is 1. The minimum atomic E-state index is -3.91. The number of hydrogen-bond donors (Lipinski definition) is 0. The highest BCUT2D eigenvalue weighted by atomic mass is 32.2. The molecule has 4 rings (SSSR count). The fourth-order valence-electron chi connectivity index (χ4n) is 3.66. The Morgan fingerprint density at radius 1 is 1.03 bits per heavy atom. The smallest absolute Gasteiger partial charge is 0.264 e. The lowest BCUT2D eigenvalue weighted by molar-refractivity contribution is -0.117. The van der Waals surface area contributed by atoms with Crippen LogP contribution in [0, 0.1) is 0 Å². The third-order valence-corrected chi connectivity index (χ3v) is 6.94. The van der Waals surface area contributed by atoms with E-state index in [1.807, 2.05) is 55.5 Å².